The third-order valence-corrected chi connectivity index (χ3v) is 1.56. The summed E-state index contributed by atoms with van der Waals surface area (Å²) in [6, 6.07) is 0. The molecule has 0 radical (unpaired) electrons. The van der Waals surface area contributed by atoms with Crippen LogP contribution in [-0.2, 0) is 19.5 Å². The Bertz CT molecular complexity index is 80.6. The molecule has 1 atom stereocenters. The average molecular weight is 182 g/mol. The minimum absolute atomic E-state index is 0. The molecule has 0 saturated carbocycles. The minimum atomic E-state index is 0. The fourth-order valence-corrected chi connectivity index (χ4v) is 1.03. The summed E-state index contributed by atoms with van der Waals surface area (Å²) in [7, 11) is 0. The van der Waals surface area contributed by atoms with Crippen LogP contribution in [0.15, 0.2) is 12.2 Å². The van der Waals surface area contributed by atoms with E-state index in [0.717, 1.165) is 6.42 Å². The standard InChI is InChI=1S/C6H9Cl.Zn/c7-6-4-2-1-3-5-6;/h2,4,6H,1,3,5H2;. The number of rotatable bonds is 0. The number of alkyl halides is 1. The third kappa shape index (κ3) is 2.84. The molecular formula is C6H9ClZn. The number of hydrogen-bond acceptors (Lipinski definition) is 0. The molecule has 42 valence electrons. The SMILES string of the molecule is ClC1C=CCCC1.[Zn]. The molecule has 2 heteroatoms. The van der Waals surface area contributed by atoms with Crippen LogP contribution in [0, 0.1) is 0 Å². The largest absolute Gasteiger partial charge is 0.118 e. The van der Waals surface area contributed by atoms with Crippen molar-refractivity contribution in [3.05, 3.63) is 12.2 Å². The van der Waals surface area contributed by atoms with Crippen LogP contribution in [0.2, 0.25) is 0 Å². The zero-order chi connectivity index (χ0) is 5.11. The Hall–Kier alpha value is 0.653. The molecule has 0 amide bonds. The summed E-state index contributed by atoms with van der Waals surface area (Å²) < 4.78 is 0. The van der Waals surface area contributed by atoms with Crippen molar-refractivity contribution in [3.8, 4) is 0 Å². The van der Waals surface area contributed by atoms with Crippen molar-refractivity contribution in [3.63, 3.8) is 0 Å². The number of halogens is 1. The molecular weight excluding hydrogens is 173 g/mol. The maximum Gasteiger partial charge on any atom is 0.0516 e. The summed E-state index contributed by atoms with van der Waals surface area (Å²) in [5.74, 6) is 0. The van der Waals surface area contributed by atoms with Gasteiger partial charge >= 0.3 is 0 Å². The van der Waals surface area contributed by atoms with Crippen LogP contribution in [0.25, 0.3) is 0 Å². The van der Waals surface area contributed by atoms with Crippen molar-refractivity contribution < 1.29 is 19.5 Å². The van der Waals surface area contributed by atoms with Crippen molar-refractivity contribution in [1.29, 1.82) is 0 Å². The van der Waals surface area contributed by atoms with Crippen LogP contribution in [0.1, 0.15) is 19.3 Å². The van der Waals surface area contributed by atoms with Gasteiger partial charge in [-0.15, -0.1) is 11.6 Å². The van der Waals surface area contributed by atoms with E-state index in [0.29, 0.717) is 5.38 Å². The molecule has 0 aromatic carbocycles. The van der Waals surface area contributed by atoms with Crippen LogP contribution >= 0.6 is 11.6 Å². The van der Waals surface area contributed by atoms with Gasteiger partial charge in [0.15, 0.2) is 0 Å². The van der Waals surface area contributed by atoms with Gasteiger partial charge in [-0.05, 0) is 19.3 Å². The summed E-state index contributed by atoms with van der Waals surface area (Å²) in [5.41, 5.74) is 0. The first-order chi connectivity index (χ1) is 3.39. The summed E-state index contributed by atoms with van der Waals surface area (Å²) in [4.78, 5) is 0. The molecule has 1 rings (SSSR count). The Balaban J connectivity index is 0.000000490. The smallest absolute Gasteiger partial charge is 0.0516 e. The molecule has 0 nitrogen and oxygen atoms in total. The van der Waals surface area contributed by atoms with E-state index in [-0.39, 0.29) is 19.5 Å². The molecule has 1 aliphatic carbocycles. The summed E-state index contributed by atoms with van der Waals surface area (Å²) in [5, 5.41) is 0.328. The van der Waals surface area contributed by atoms with Crippen LogP contribution < -0.4 is 0 Å². The molecule has 0 heterocycles. The minimum Gasteiger partial charge on any atom is -0.118 e. The molecule has 1 unspecified atom stereocenters. The third-order valence-electron chi connectivity index (χ3n) is 1.20. The zero-order valence-electron chi connectivity index (χ0n) is 4.94. The average Bonchev–Trinajstić information content (AvgIpc) is 1.69. The zero-order valence-corrected chi connectivity index (χ0v) is 8.66. The monoisotopic (exact) mass is 180 g/mol. The van der Waals surface area contributed by atoms with E-state index < -0.39 is 0 Å². The second-order valence-corrected chi connectivity index (χ2v) is 2.44. The van der Waals surface area contributed by atoms with Crippen molar-refractivity contribution in [1.82, 2.24) is 0 Å². The Morgan fingerprint density at radius 2 is 2.25 bits per heavy atom. The van der Waals surface area contributed by atoms with E-state index in [1.54, 1.807) is 0 Å². The fraction of sp³-hybridized carbons (Fsp3) is 0.667. The van der Waals surface area contributed by atoms with Gasteiger partial charge in [-0.25, -0.2) is 0 Å². The first kappa shape index (κ1) is 8.65. The molecule has 0 aromatic rings. The summed E-state index contributed by atoms with van der Waals surface area (Å²) in [6.45, 7) is 0. The second kappa shape index (κ2) is 4.52. The van der Waals surface area contributed by atoms with Crippen molar-refractivity contribution in [2.24, 2.45) is 0 Å². The molecule has 0 N–H and O–H groups in total. The van der Waals surface area contributed by atoms with E-state index in [9.17, 15) is 0 Å². The molecule has 0 aliphatic heterocycles. The van der Waals surface area contributed by atoms with Gasteiger partial charge < -0.3 is 0 Å². The second-order valence-electron chi connectivity index (χ2n) is 1.88. The van der Waals surface area contributed by atoms with Crippen LogP contribution in [-0.4, -0.2) is 5.38 Å². The Morgan fingerprint density at radius 3 is 2.50 bits per heavy atom. The van der Waals surface area contributed by atoms with Crippen molar-refractivity contribution >= 4 is 11.6 Å². The van der Waals surface area contributed by atoms with E-state index in [1.807, 2.05) is 0 Å². The molecule has 0 fully saturated rings. The predicted octanol–water partition coefficient (Wildman–Crippen LogP) is 2.33. The van der Waals surface area contributed by atoms with Gasteiger partial charge in [-0.1, -0.05) is 12.2 Å². The molecule has 1 aliphatic rings. The van der Waals surface area contributed by atoms with E-state index in [4.69, 9.17) is 11.6 Å². The normalized spacial score (nSPS) is 26.9. The Morgan fingerprint density at radius 1 is 1.50 bits per heavy atom. The molecule has 0 spiro atoms. The number of allylic oxidation sites excluding steroid dienone is 2. The van der Waals surface area contributed by atoms with Gasteiger partial charge in [0, 0.05) is 19.5 Å². The van der Waals surface area contributed by atoms with Crippen molar-refractivity contribution in [2.75, 3.05) is 0 Å². The van der Waals surface area contributed by atoms with Gasteiger partial charge in [0.2, 0.25) is 0 Å². The van der Waals surface area contributed by atoms with E-state index in [1.165, 1.54) is 12.8 Å². The summed E-state index contributed by atoms with van der Waals surface area (Å²) in [6.07, 6.45) is 7.89. The van der Waals surface area contributed by atoms with E-state index >= 15 is 0 Å². The van der Waals surface area contributed by atoms with Crippen LogP contribution in [0.3, 0.4) is 0 Å². The number of hydrogen-bond donors (Lipinski definition) is 0. The topological polar surface area (TPSA) is 0 Å². The van der Waals surface area contributed by atoms with Gasteiger partial charge in [0.1, 0.15) is 0 Å². The van der Waals surface area contributed by atoms with Crippen molar-refractivity contribution in [2.45, 2.75) is 24.6 Å². The Kier molecular flexibility index (Phi) is 4.89. The predicted molar refractivity (Wildman–Crippen MR) is 32.6 cm³/mol. The molecule has 0 bridgehead atoms. The van der Waals surface area contributed by atoms with Crippen LogP contribution in [0.5, 0.6) is 0 Å². The first-order valence-corrected chi connectivity index (χ1v) is 3.14. The van der Waals surface area contributed by atoms with Gasteiger partial charge in [0.05, 0.1) is 5.38 Å². The van der Waals surface area contributed by atoms with E-state index in [2.05, 4.69) is 12.2 Å². The van der Waals surface area contributed by atoms with Gasteiger partial charge in [0.25, 0.3) is 0 Å². The fourth-order valence-electron chi connectivity index (χ4n) is 0.771. The quantitative estimate of drug-likeness (QED) is 0.306. The van der Waals surface area contributed by atoms with Gasteiger partial charge in [-0.3, -0.25) is 0 Å². The Labute approximate surface area is 68.1 Å². The maximum atomic E-state index is 5.73. The maximum absolute atomic E-state index is 5.73. The van der Waals surface area contributed by atoms with Gasteiger partial charge in [-0.2, -0.15) is 0 Å². The first-order valence-electron chi connectivity index (χ1n) is 2.70. The molecule has 0 saturated heterocycles. The van der Waals surface area contributed by atoms with Crippen LogP contribution in [0.4, 0.5) is 0 Å². The summed E-state index contributed by atoms with van der Waals surface area (Å²) >= 11 is 5.73. The molecule has 8 heavy (non-hydrogen) atoms. The molecule has 0 aromatic heterocycles.